The highest BCUT2D eigenvalue weighted by Crippen LogP contribution is 2.42. The summed E-state index contributed by atoms with van der Waals surface area (Å²) in [5, 5.41) is 14.2. The van der Waals surface area contributed by atoms with E-state index in [0.717, 1.165) is 32.8 Å². The van der Waals surface area contributed by atoms with E-state index in [-0.39, 0.29) is 5.41 Å². The third kappa shape index (κ3) is 9.49. The number of likely N-dealkylation sites (tertiary alicyclic amines) is 1. The number of fused-ring (bicyclic) bond motifs is 1. The highest BCUT2D eigenvalue weighted by molar-refractivity contribution is 5.73. The predicted octanol–water partition coefficient (Wildman–Crippen LogP) is 3.27. The number of carboxylic acids is 2. The molecule has 2 aliphatic rings. The normalized spacial score (nSPS) is 21.1. The van der Waals surface area contributed by atoms with Gasteiger partial charge in [-0.1, -0.05) is 12.1 Å². The van der Waals surface area contributed by atoms with Gasteiger partial charge in [0, 0.05) is 55.6 Å². The molecule has 0 radical (unpaired) electrons. The average Bonchev–Trinajstić information content (AvgIpc) is 3.35. The third-order valence-electron chi connectivity index (χ3n) is 5.35. The van der Waals surface area contributed by atoms with Crippen molar-refractivity contribution in [3.63, 3.8) is 0 Å². The molecule has 0 bridgehead atoms. The zero-order chi connectivity index (χ0) is 27.7. The molecule has 0 unspecified atom stereocenters. The van der Waals surface area contributed by atoms with Crippen molar-refractivity contribution >= 4 is 11.9 Å². The van der Waals surface area contributed by atoms with Gasteiger partial charge in [0.25, 0.3) is 0 Å². The van der Waals surface area contributed by atoms with E-state index in [9.17, 15) is 26.3 Å². The third-order valence-corrected chi connectivity index (χ3v) is 5.35. The molecule has 2 N–H and O–H groups in total. The summed E-state index contributed by atoms with van der Waals surface area (Å²) in [6.45, 7) is 5.26. The summed E-state index contributed by atoms with van der Waals surface area (Å²) in [6.07, 6.45) is -4.64. The van der Waals surface area contributed by atoms with Gasteiger partial charge in [-0.15, -0.1) is 0 Å². The lowest BCUT2D eigenvalue weighted by Crippen LogP contribution is -2.37. The van der Waals surface area contributed by atoms with E-state index in [4.69, 9.17) is 29.3 Å². The number of carboxylic acid groups (broad SMARTS) is 2. The zero-order valence-electron chi connectivity index (χ0n) is 19.1. The van der Waals surface area contributed by atoms with Gasteiger partial charge in [-0.25, -0.2) is 14.6 Å². The maximum atomic E-state index is 10.6. The fraction of sp³-hybridized carbons (Fsp3) is 0.455. The Morgan fingerprint density at radius 2 is 1.70 bits per heavy atom. The summed E-state index contributed by atoms with van der Waals surface area (Å²) in [4.78, 5) is 28.7. The second kappa shape index (κ2) is 12.7. The first-order valence-electron chi connectivity index (χ1n) is 10.6. The summed E-state index contributed by atoms with van der Waals surface area (Å²) in [5.41, 5.74) is 1.34. The van der Waals surface area contributed by atoms with Crippen LogP contribution in [0.3, 0.4) is 0 Å². The Morgan fingerprint density at radius 3 is 2.22 bits per heavy atom. The van der Waals surface area contributed by atoms with E-state index in [0.29, 0.717) is 18.4 Å². The van der Waals surface area contributed by atoms with Gasteiger partial charge in [-0.3, -0.25) is 9.88 Å². The summed E-state index contributed by atoms with van der Waals surface area (Å²) in [7, 11) is 0. The molecule has 0 saturated carbocycles. The molecule has 0 aromatic carbocycles. The second-order valence-corrected chi connectivity index (χ2v) is 8.17. The first kappa shape index (κ1) is 29.8. The second-order valence-electron chi connectivity index (χ2n) is 8.17. The van der Waals surface area contributed by atoms with Crippen LogP contribution < -0.4 is 4.74 Å². The summed E-state index contributed by atoms with van der Waals surface area (Å²) >= 11 is 0. The minimum atomic E-state index is -5.08. The molecule has 15 heteroatoms. The van der Waals surface area contributed by atoms with E-state index < -0.39 is 24.3 Å². The van der Waals surface area contributed by atoms with Crippen molar-refractivity contribution in [3.8, 4) is 5.88 Å². The maximum Gasteiger partial charge on any atom is 0.490 e. The first-order valence-corrected chi connectivity index (χ1v) is 10.6. The molecule has 0 amide bonds. The monoisotopic (exact) mass is 539 g/mol. The molecular formula is C22H23F6N3O6. The van der Waals surface area contributed by atoms with Gasteiger partial charge in [0.15, 0.2) is 0 Å². The lowest BCUT2D eigenvalue weighted by Gasteiger charge is -2.27. The van der Waals surface area contributed by atoms with Crippen molar-refractivity contribution in [2.75, 3.05) is 32.9 Å². The van der Waals surface area contributed by atoms with Crippen LogP contribution in [0, 0.1) is 11.3 Å². The fourth-order valence-electron chi connectivity index (χ4n) is 3.67. The minimum absolute atomic E-state index is 0.0831. The van der Waals surface area contributed by atoms with Crippen LogP contribution in [-0.2, 0) is 20.9 Å². The van der Waals surface area contributed by atoms with Crippen LogP contribution in [-0.4, -0.2) is 82.3 Å². The van der Waals surface area contributed by atoms with Gasteiger partial charge in [0.2, 0.25) is 5.88 Å². The van der Waals surface area contributed by atoms with Crippen LogP contribution in [0.4, 0.5) is 26.3 Å². The number of rotatable bonds is 5. The molecule has 2 atom stereocenters. The lowest BCUT2D eigenvalue weighted by atomic mass is 9.82. The topological polar surface area (TPSA) is 122 Å². The van der Waals surface area contributed by atoms with E-state index >= 15 is 0 Å². The highest BCUT2D eigenvalue weighted by Gasteiger charge is 2.51. The lowest BCUT2D eigenvalue weighted by molar-refractivity contribution is -0.193. The number of aliphatic carboxylic acids is 2. The number of nitrogens with zero attached hydrogens (tertiary/aromatic N) is 3. The maximum absolute atomic E-state index is 10.6. The van der Waals surface area contributed by atoms with Crippen LogP contribution in [0.15, 0.2) is 48.9 Å². The molecule has 2 fully saturated rings. The number of hydrogen-bond acceptors (Lipinski definition) is 7. The van der Waals surface area contributed by atoms with Crippen LogP contribution in [0.25, 0.3) is 0 Å². The Balaban J connectivity index is 0.000000286. The van der Waals surface area contributed by atoms with Crippen LogP contribution in [0.5, 0.6) is 5.88 Å². The van der Waals surface area contributed by atoms with Crippen molar-refractivity contribution in [2.45, 2.75) is 18.9 Å². The van der Waals surface area contributed by atoms with Crippen molar-refractivity contribution in [3.05, 3.63) is 54.5 Å². The van der Waals surface area contributed by atoms with Crippen molar-refractivity contribution < 1.29 is 55.6 Å². The molecule has 2 aliphatic heterocycles. The fourth-order valence-corrected chi connectivity index (χ4v) is 3.67. The Labute approximate surface area is 206 Å². The molecule has 2 aromatic heterocycles. The molecule has 2 saturated heterocycles. The highest BCUT2D eigenvalue weighted by atomic mass is 19.4. The summed E-state index contributed by atoms with van der Waals surface area (Å²) in [5.74, 6) is -4.29. The number of halogens is 6. The number of ether oxygens (including phenoxy) is 2. The van der Waals surface area contributed by atoms with Gasteiger partial charge in [-0.2, -0.15) is 26.3 Å². The quantitative estimate of drug-likeness (QED) is 0.552. The largest absolute Gasteiger partial charge is 0.490 e. The minimum Gasteiger partial charge on any atom is -0.477 e. The predicted molar refractivity (Wildman–Crippen MR) is 113 cm³/mol. The molecule has 0 aliphatic carbocycles. The molecule has 9 nitrogen and oxygen atoms in total. The molecule has 2 aromatic rings. The van der Waals surface area contributed by atoms with E-state index in [1.165, 1.54) is 5.56 Å². The Morgan fingerprint density at radius 1 is 1.05 bits per heavy atom. The SMILES string of the molecule is O=C(O)C(F)(F)F.O=C(O)C(F)(F)F.c1ccc(OC[C@]23COC[C@H]2CN(Cc2cccnc2)C3)nc1. The van der Waals surface area contributed by atoms with Crippen LogP contribution >= 0.6 is 0 Å². The Kier molecular flexibility index (Phi) is 10.2. The molecule has 4 heterocycles. The molecule has 4 rings (SSSR count). The number of alkyl halides is 6. The van der Waals surface area contributed by atoms with Crippen molar-refractivity contribution in [2.24, 2.45) is 11.3 Å². The molecule has 37 heavy (non-hydrogen) atoms. The molecule has 0 spiro atoms. The standard InChI is InChI=1S/C18H21N3O2.2C2HF3O2/c1-2-7-20-17(5-1)23-14-18-12-21(10-16(18)11-22-13-18)9-15-4-3-6-19-8-15;2*3-2(4,5)1(6)7/h1-8,16H,9-14H2;2*(H,6,7)/t16-,18+;;/m1../s1. The average molecular weight is 539 g/mol. The smallest absolute Gasteiger partial charge is 0.477 e. The zero-order valence-corrected chi connectivity index (χ0v) is 19.1. The van der Waals surface area contributed by atoms with Crippen molar-refractivity contribution in [1.29, 1.82) is 0 Å². The van der Waals surface area contributed by atoms with Crippen LogP contribution in [0.1, 0.15) is 5.56 Å². The van der Waals surface area contributed by atoms with Gasteiger partial charge in [0.05, 0.1) is 19.8 Å². The number of hydrogen-bond donors (Lipinski definition) is 2. The summed E-state index contributed by atoms with van der Waals surface area (Å²) in [6, 6.07) is 9.89. The van der Waals surface area contributed by atoms with Crippen LogP contribution in [0.2, 0.25) is 0 Å². The van der Waals surface area contributed by atoms with Gasteiger partial charge in [0.1, 0.15) is 0 Å². The van der Waals surface area contributed by atoms with E-state index in [1.54, 1.807) is 6.20 Å². The van der Waals surface area contributed by atoms with E-state index in [1.807, 2.05) is 36.7 Å². The summed E-state index contributed by atoms with van der Waals surface area (Å²) < 4.78 is 75.2. The number of pyridine rings is 2. The molecule has 204 valence electrons. The van der Waals surface area contributed by atoms with Gasteiger partial charge < -0.3 is 19.7 Å². The molecular weight excluding hydrogens is 516 g/mol. The van der Waals surface area contributed by atoms with Gasteiger partial charge in [-0.05, 0) is 17.7 Å². The number of carbonyl (C=O) groups is 2. The Bertz CT molecular complexity index is 985. The van der Waals surface area contributed by atoms with Gasteiger partial charge >= 0.3 is 24.3 Å². The van der Waals surface area contributed by atoms with E-state index in [2.05, 4.69) is 20.9 Å². The number of aromatic nitrogens is 2. The van der Waals surface area contributed by atoms with Crippen molar-refractivity contribution in [1.82, 2.24) is 14.9 Å². The Hall–Kier alpha value is -3.46. The first-order chi connectivity index (χ1) is 17.2.